The minimum absolute atomic E-state index is 1.10. The van der Waals surface area contributed by atoms with E-state index in [4.69, 9.17) is 0 Å². The molecule has 0 radical (unpaired) electrons. The lowest BCUT2D eigenvalue weighted by Crippen LogP contribution is -2.21. The molecule has 0 saturated carbocycles. The molecular weight excluding hydrogens is 340 g/mol. The van der Waals surface area contributed by atoms with Crippen molar-refractivity contribution in [2.24, 2.45) is 0 Å². The van der Waals surface area contributed by atoms with E-state index in [0.717, 1.165) is 13.1 Å². The first kappa shape index (κ1) is 27.7. The van der Waals surface area contributed by atoms with E-state index >= 15 is 0 Å². The summed E-state index contributed by atoms with van der Waals surface area (Å²) in [6.45, 7) is 9.27. The second kappa shape index (κ2) is 22.9. The van der Waals surface area contributed by atoms with E-state index in [1.807, 2.05) is 0 Å². The lowest BCUT2D eigenvalue weighted by atomic mass is 10.1. The number of likely N-dealkylation sites (N-methyl/N-ethyl adjacent to an activating group) is 2. The van der Waals surface area contributed by atoms with Gasteiger partial charge >= 0.3 is 0 Å². The molecule has 0 atom stereocenters. The number of nitrogens with zero attached hydrogens (tertiary/aromatic N) is 2. The predicted octanol–water partition coefficient (Wildman–Crippen LogP) is 7.69. The second-order valence-corrected chi connectivity index (χ2v) is 8.95. The topological polar surface area (TPSA) is 6.48 Å². The summed E-state index contributed by atoms with van der Waals surface area (Å²) in [5, 5.41) is 0. The largest absolute Gasteiger partial charge is 0.303 e. The van der Waals surface area contributed by atoms with Gasteiger partial charge < -0.3 is 9.80 Å². The Morgan fingerprint density at radius 1 is 0.429 bits per heavy atom. The molecule has 0 aromatic rings. The van der Waals surface area contributed by atoms with Gasteiger partial charge in [0.2, 0.25) is 0 Å². The zero-order valence-corrected chi connectivity index (χ0v) is 20.2. The van der Waals surface area contributed by atoms with Crippen molar-refractivity contribution in [2.45, 2.75) is 117 Å². The van der Waals surface area contributed by atoms with Gasteiger partial charge in [-0.2, -0.15) is 0 Å². The molecule has 0 aliphatic rings. The molecule has 0 heterocycles. The van der Waals surface area contributed by atoms with Gasteiger partial charge in [0.1, 0.15) is 0 Å². The maximum absolute atomic E-state index is 2.46. The van der Waals surface area contributed by atoms with Crippen LogP contribution in [0.15, 0.2) is 12.2 Å². The van der Waals surface area contributed by atoms with Gasteiger partial charge in [-0.15, -0.1) is 0 Å². The van der Waals surface area contributed by atoms with E-state index in [2.05, 4.69) is 49.9 Å². The standard InChI is InChI=1S/C26H54N2/c1-5-7-9-11-13-15-17-19-23-27(3)25-21-22-26-28(4)24-20-18-16-14-12-10-8-6-2/h21-22H,5-20,23-26H2,1-4H3. The van der Waals surface area contributed by atoms with Gasteiger partial charge in [0.05, 0.1) is 0 Å². The zero-order chi connectivity index (χ0) is 20.7. The molecule has 0 bridgehead atoms. The van der Waals surface area contributed by atoms with E-state index < -0.39 is 0 Å². The van der Waals surface area contributed by atoms with Gasteiger partial charge in [0.15, 0.2) is 0 Å². The molecule has 0 aromatic heterocycles. The molecule has 0 aromatic carbocycles. The molecule has 0 unspecified atom stereocenters. The average molecular weight is 395 g/mol. The highest BCUT2D eigenvalue weighted by Crippen LogP contribution is 2.09. The minimum atomic E-state index is 1.10. The molecule has 0 N–H and O–H groups in total. The van der Waals surface area contributed by atoms with Crippen LogP contribution in [0.1, 0.15) is 117 Å². The molecule has 0 aliphatic carbocycles. The van der Waals surface area contributed by atoms with Crippen molar-refractivity contribution >= 4 is 0 Å². The first-order chi connectivity index (χ1) is 13.7. The highest BCUT2D eigenvalue weighted by molar-refractivity contribution is 4.86. The Bertz CT molecular complexity index is 284. The van der Waals surface area contributed by atoms with Gasteiger partial charge in [-0.05, 0) is 40.0 Å². The summed E-state index contributed by atoms with van der Waals surface area (Å²) in [7, 11) is 4.52. The first-order valence-corrected chi connectivity index (χ1v) is 12.7. The van der Waals surface area contributed by atoms with Crippen LogP contribution in [-0.4, -0.2) is 50.1 Å². The van der Waals surface area contributed by atoms with E-state index in [0.29, 0.717) is 0 Å². The summed E-state index contributed by atoms with van der Waals surface area (Å²) < 4.78 is 0. The lowest BCUT2D eigenvalue weighted by molar-refractivity contribution is 0.347. The molecule has 2 heteroatoms. The Balaban J connectivity index is 3.39. The molecule has 168 valence electrons. The Kier molecular flexibility index (Phi) is 22.7. The van der Waals surface area contributed by atoms with Crippen LogP contribution in [-0.2, 0) is 0 Å². The zero-order valence-electron chi connectivity index (χ0n) is 20.2. The normalized spacial score (nSPS) is 12.1. The molecule has 0 saturated heterocycles. The van der Waals surface area contributed by atoms with Crippen LogP contribution in [0.25, 0.3) is 0 Å². The Hall–Kier alpha value is -0.340. The van der Waals surface area contributed by atoms with Gasteiger partial charge in [-0.25, -0.2) is 0 Å². The van der Waals surface area contributed by atoms with Crippen LogP contribution in [0.5, 0.6) is 0 Å². The van der Waals surface area contributed by atoms with Crippen LogP contribution in [0.4, 0.5) is 0 Å². The maximum atomic E-state index is 2.46. The first-order valence-electron chi connectivity index (χ1n) is 12.7. The molecule has 0 fully saturated rings. The summed E-state index contributed by atoms with van der Waals surface area (Å²) in [6, 6.07) is 0. The Morgan fingerprint density at radius 3 is 1.04 bits per heavy atom. The van der Waals surface area contributed by atoms with Gasteiger partial charge in [0.25, 0.3) is 0 Å². The Morgan fingerprint density at radius 2 is 0.714 bits per heavy atom. The number of hydrogen-bond acceptors (Lipinski definition) is 2. The van der Waals surface area contributed by atoms with Crippen LogP contribution in [0.2, 0.25) is 0 Å². The van der Waals surface area contributed by atoms with Crippen molar-refractivity contribution in [3.05, 3.63) is 12.2 Å². The van der Waals surface area contributed by atoms with Crippen molar-refractivity contribution in [1.82, 2.24) is 9.80 Å². The smallest absolute Gasteiger partial charge is 0.0160 e. The third-order valence-electron chi connectivity index (χ3n) is 5.79. The summed E-state index contributed by atoms with van der Waals surface area (Å²) in [5.41, 5.74) is 0. The third-order valence-corrected chi connectivity index (χ3v) is 5.79. The van der Waals surface area contributed by atoms with Crippen molar-refractivity contribution in [3.8, 4) is 0 Å². The van der Waals surface area contributed by atoms with Crippen LogP contribution in [0, 0.1) is 0 Å². The summed E-state index contributed by atoms with van der Waals surface area (Å²) in [4.78, 5) is 4.93. The lowest BCUT2D eigenvalue weighted by Gasteiger charge is -2.16. The maximum Gasteiger partial charge on any atom is 0.0160 e. The Labute approximate surface area is 179 Å². The fraction of sp³-hybridized carbons (Fsp3) is 0.923. The molecule has 0 spiro atoms. The third kappa shape index (κ3) is 22.0. The number of unbranched alkanes of at least 4 members (excludes halogenated alkanes) is 14. The van der Waals surface area contributed by atoms with Crippen molar-refractivity contribution in [3.63, 3.8) is 0 Å². The average Bonchev–Trinajstić information content (AvgIpc) is 2.69. The quantitative estimate of drug-likeness (QED) is 0.137. The summed E-state index contributed by atoms with van der Waals surface area (Å²) >= 11 is 0. The van der Waals surface area contributed by atoms with Crippen molar-refractivity contribution in [1.29, 1.82) is 0 Å². The predicted molar refractivity (Wildman–Crippen MR) is 129 cm³/mol. The fourth-order valence-electron chi connectivity index (χ4n) is 3.72. The van der Waals surface area contributed by atoms with E-state index in [1.165, 1.54) is 116 Å². The molecule has 2 nitrogen and oxygen atoms in total. The molecular formula is C26H54N2. The highest BCUT2D eigenvalue weighted by atomic mass is 15.1. The fourth-order valence-corrected chi connectivity index (χ4v) is 3.72. The summed E-state index contributed by atoms with van der Waals surface area (Å²) in [6.07, 6.45) is 27.3. The molecule has 0 rings (SSSR count). The number of hydrogen-bond donors (Lipinski definition) is 0. The molecule has 28 heavy (non-hydrogen) atoms. The number of rotatable bonds is 22. The van der Waals surface area contributed by atoms with Gasteiger partial charge in [0, 0.05) is 13.1 Å². The van der Waals surface area contributed by atoms with Crippen molar-refractivity contribution in [2.75, 3.05) is 40.3 Å². The molecule has 0 aliphatic heterocycles. The minimum Gasteiger partial charge on any atom is -0.303 e. The van der Waals surface area contributed by atoms with Crippen LogP contribution in [0.3, 0.4) is 0 Å². The van der Waals surface area contributed by atoms with E-state index in [9.17, 15) is 0 Å². The van der Waals surface area contributed by atoms with Crippen molar-refractivity contribution < 1.29 is 0 Å². The second-order valence-electron chi connectivity index (χ2n) is 8.95. The highest BCUT2D eigenvalue weighted by Gasteiger charge is 1.98. The SMILES string of the molecule is CCCCCCCCCCN(C)CC=CCN(C)CCCCCCCCCC. The van der Waals surface area contributed by atoms with Crippen LogP contribution < -0.4 is 0 Å². The van der Waals surface area contributed by atoms with E-state index in [1.54, 1.807) is 0 Å². The van der Waals surface area contributed by atoms with Crippen LogP contribution >= 0.6 is 0 Å². The monoisotopic (exact) mass is 394 g/mol. The van der Waals surface area contributed by atoms with Gasteiger partial charge in [-0.3, -0.25) is 0 Å². The van der Waals surface area contributed by atoms with E-state index in [-0.39, 0.29) is 0 Å². The summed E-state index contributed by atoms with van der Waals surface area (Å²) in [5.74, 6) is 0. The molecule has 0 amide bonds. The van der Waals surface area contributed by atoms with Gasteiger partial charge in [-0.1, -0.05) is 116 Å².